The number of benzene rings is 1. The summed E-state index contributed by atoms with van der Waals surface area (Å²) in [5, 5.41) is 0. The molecule has 0 unspecified atom stereocenters. The van der Waals surface area contributed by atoms with Gasteiger partial charge in [0.1, 0.15) is 5.75 Å². The minimum atomic E-state index is 0.0987. The second-order valence-corrected chi connectivity index (χ2v) is 7.29. The predicted molar refractivity (Wildman–Crippen MR) is 79.0 cm³/mol. The van der Waals surface area contributed by atoms with E-state index in [4.69, 9.17) is 4.74 Å². The third-order valence-electron chi connectivity index (χ3n) is 2.58. The highest BCUT2D eigenvalue weighted by molar-refractivity contribution is 8.01. The van der Waals surface area contributed by atoms with Gasteiger partial charge in [0.2, 0.25) is 0 Å². The molecule has 0 atom stereocenters. The smallest absolute Gasteiger partial charge is 0.176 e. The van der Waals surface area contributed by atoms with Gasteiger partial charge in [-0.05, 0) is 31.0 Å². The molecule has 1 aromatic rings. The van der Waals surface area contributed by atoms with Crippen LogP contribution in [0.4, 0.5) is 0 Å². The van der Waals surface area contributed by atoms with Gasteiger partial charge >= 0.3 is 0 Å². The Balaban J connectivity index is 2.98. The van der Waals surface area contributed by atoms with E-state index in [9.17, 15) is 4.79 Å². The van der Waals surface area contributed by atoms with Gasteiger partial charge in [-0.15, -0.1) is 11.8 Å². The van der Waals surface area contributed by atoms with Crippen LogP contribution in [0.5, 0.6) is 5.75 Å². The SMILES string of the molecule is COc1cc(C)cc(C)c1C(=O)CSC(C)(C)C. The summed E-state index contributed by atoms with van der Waals surface area (Å²) in [6, 6.07) is 3.94. The fourth-order valence-electron chi connectivity index (χ4n) is 1.80. The van der Waals surface area contributed by atoms with Crippen LogP contribution in [0.2, 0.25) is 0 Å². The highest BCUT2D eigenvalue weighted by Gasteiger charge is 2.19. The molecular formula is C15H22O2S. The maximum atomic E-state index is 12.3. The van der Waals surface area contributed by atoms with E-state index < -0.39 is 0 Å². The van der Waals surface area contributed by atoms with Gasteiger partial charge in [0.05, 0.1) is 18.4 Å². The van der Waals surface area contributed by atoms with Gasteiger partial charge in [-0.2, -0.15) is 0 Å². The highest BCUT2D eigenvalue weighted by atomic mass is 32.2. The van der Waals surface area contributed by atoms with Crippen molar-refractivity contribution in [3.63, 3.8) is 0 Å². The molecule has 0 spiro atoms. The molecule has 1 rings (SSSR count). The van der Waals surface area contributed by atoms with E-state index >= 15 is 0 Å². The molecule has 0 aliphatic heterocycles. The van der Waals surface area contributed by atoms with Gasteiger partial charge < -0.3 is 4.74 Å². The van der Waals surface area contributed by atoms with Crippen LogP contribution in [0.3, 0.4) is 0 Å². The Morgan fingerprint density at radius 3 is 2.39 bits per heavy atom. The lowest BCUT2D eigenvalue weighted by molar-refractivity contribution is 0.101. The predicted octanol–water partition coefficient (Wildman–Crippen LogP) is 4.03. The molecule has 0 bridgehead atoms. The third kappa shape index (κ3) is 4.05. The number of aryl methyl sites for hydroxylation is 2. The van der Waals surface area contributed by atoms with Crippen molar-refractivity contribution >= 4 is 17.5 Å². The number of ether oxygens (including phenoxy) is 1. The van der Waals surface area contributed by atoms with E-state index in [1.54, 1.807) is 18.9 Å². The molecule has 1 aromatic carbocycles. The number of carbonyl (C=O) groups is 1. The molecule has 0 N–H and O–H groups in total. The Kier molecular flexibility index (Phi) is 4.85. The number of hydrogen-bond acceptors (Lipinski definition) is 3. The van der Waals surface area contributed by atoms with Crippen molar-refractivity contribution < 1.29 is 9.53 Å². The summed E-state index contributed by atoms with van der Waals surface area (Å²) in [4.78, 5) is 12.3. The summed E-state index contributed by atoms with van der Waals surface area (Å²) in [6.07, 6.45) is 0. The minimum Gasteiger partial charge on any atom is -0.496 e. The van der Waals surface area contributed by atoms with Crippen molar-refractivity contribution in [3.8, 4) is 5.75 Å². The van der Waals surface area contributed by atoms with Crippen LogP contribution >= 0.6 is 11.8 Å². The van der Waals surface area contributed by atoms with Gasteiger partial charge in [0.25, 0.3) is 0 Å². The Morgan fingerprint density at radius 1 is 1.28 bits per heavy atom. The van der Waals surface area contributed by atoms with E-state index in [-0.39, 0.29) is 10.5 Å². The molecule has 3 heteroatoms. The molecule has 2 nitrogen and oxygen atoms in total. The molecule has 0 amide bonds. The zero-order valence-corrected chi connectivity index (χ0v) is 12.9. The Hall–Kier alpha value is -0.960. The first kappa shape index (κ1) is 15.1. The van der Waals surface area contributed by atoms with E-state index in [1.165, 1.54) is 0 Å². The molecule has 0 fully saturated rings. The second kappa shape index (κ2) is 5.79. The summed E-state index contributed by atoms with van der Waals surface area (Å²) in [6.45, 7) is 10.3. The normalized spacial score (nSPS) is 11.4. The molecule has 100 valence electrons. The van der Waals surface area contributed by atoms with Gasteiger partial charge in [-0.1, -0.05) is 26.8 Å². The van der Waals surface area contributed by atoms with E-state index in [0.717, 1.165) is 16.7 Å². The molecule has 0 aromatic heterocycles. The number of Topliss-reactive ketones (excluding diaryl/α,β-unsaturated/α-hetero) is 1. The summed E-state index contributed by atoms with van der Waals surface area (Å²) in [5.41, 5.74) is 2.83. The zero-order chi connectivity index (χ0) is 13.9. The van der Waals surface area contributed by atoms with E-state index in [0.29, 0.717) is 11.5 Å². The largest absolute Gasteiger partial charge is 0.496 e. The van der Waals surface area contributed by atoms with Crippen LogP contribution in [0, 0.1) is 13.8 Å². The number of hydrogen-bond donors (Lipinski definition) is 0. The maximum absolute atomic E-state index is 12.3. The highest BCUT2D eigenvalue weighted by Crippen LogP contribution is 2.29. The Labute approximate surface area is 114 Å². The number of ketones is 1. The fourth-order valence-corrected chi connectivity index (χ4v) is 2.51. The monoisotopic (exact) mass is 266 g/mol. The standard InChI is InChI=1S/C15H22O2S/c1-10-7-11(2)14(13(8-10)17-6)12(16)9-18-15(3,4)5/h7-8H,9H2,1-6H3. The summed E-state index contributed by atoms with van der Waals surface area (Å²) >= 11 is 1.66. The number of methoxy groups -OCH3 is 1. The Bertz CT molecular complexity index is 445. The average molecular weight is 266 g/mol. The zero-order valence-electron chi connectivity index (χ0n) is 12.1. The minimum absolute atomic E-state index is 0.0987. The van der Waals surface area contributed by atoms with Crippen molar-refractivity contribution in [1.82, 2.24) is 0 Å². The van der Waals surface area contributed by atoms with Gasteiger partial charge in [-0.25, -0.2) is 0 Å². The molecule has 18 heavy (non-hydrogen) atoms. The molecule has 0 aliphatic carbocycles. The van der Waals surface area contributed by atoms with Crippen LogP contribution in [-0.2, 0) is 0 Å². The first-order valence-corrected chi connectivity index (χ1v) is 7.05. The van der Waals surface area contributed by atoms with Crippen LogP contribution in [0.15, 0.2) is 12.1 Å². The summed E-state index contributed by atoms with van der Waals surface area (Å²) in [7, 11) is 1.61. The fraction of sp³-hybridized carbons (Fsp3) is 0.533. The Morgan fingerprint density at radius 2 is 1.89 bits per heavy atom. The average Bonchev–Trinajstić information content (AvgIpc) is 2.23. The van der Waals surface area contributed by atoms with Crippen molar-refractivity contribution in [1.29, 1.82) is 0 Å². The van der Waals surface area contributed by atoms with Crippen molar-refractivity contribution in [3.05, 3.63) is 28.8 Å². The van der Waals surface area contributed by atoms with Gasteiger partial charge in [0, 0.05) is 4.75 Å². The van der Waals surface area contributed by atoms with Gasteiger partial charge in [0.15, 0.2) is 5.78 Å². The number of thioether (sulfide) groups is 1. The molecule has 0 saturated carbocycles. The number of rotatable bonds is 4. The molecular weight excluding hydrogens is 244 g/mol. The maximum Gasteiger partial charge on any atom is 0.176 e. The second-order valence-electron chi connectivity index (χ2n) is 5.48. The van der Waals surface area contributed by atoms with E-state index in [2.05, 4.69) is 20.8 Å². The quantitative estimate of drug-likeness (QED) is 0.770. The first-order valence-electron chi connectivity index (χ1n) is 6.07. The molecule has 0 heterocycles. The van der Waals surface area contributed by atoms with Crippen molar-refractivity contribution in [2.45, 2.75) is 39.4 Å². The molecule has 0 saturated heterocycles. The molecule has 0 aliphatic rings. The van der Waals surface area contributed by atoms with Crippen LogP contribution in [0.1, 0.15) is 42.3 Å². The third-order valence-corrected chi connectivity index (χ3v) is 3.85. The van der Waals surface area contributed by atoms with Crippen molar-refractivity contribution in [2.75, 3.05) is 12.9 Å². The van der Waals surface area contributed by atoms with Crippen LogP contribution in [-0.4, -0.2) is 23.4 Å². The lowest BCUT2D eigenvalue weighted by Crippen LogP contribution is -2.14. The molecule has 0 radical (unpaired) electrons. The summed E-state index contributed by atoms with van der Waals surface area (Å²) < 4.78 is 5.43. The summed E-state index contributed by atoms with van der Waals surface area (Å²) in [5.74, 6) is 1.32. The lowest BCUT2D eigenvalue weighted by atomic mass is 10.0. The van der Waals surface area contributed by atoms with Gasteiger partial charge in [-0.3, -0.25) is 4.79 Å². The van der Waals surface area contributed by atoms with Crippen molar-refractivity contribution in [2.24, 2.45) is 0 Å². The first-order chi connectivity index (χ1) is 8.24. The van der Waals surface area contributed by atoms with Crippen LogP contribution < -0.4 is 4.74 Å². The van der Waals surface area contributed by atoms with E-state index in [1.807, 2.05) is 26.0 Å². The lowest BCUT2D eigenvalue weighted by Gasteiger charge is -2.18. The van der Waals surface area contributed by atoms with Crippen LogP contribution in [0.25, 0.3) is 0 Å². The number of carbonyl (C=O) groups excluding carboxylic acids is 1. The topological polar surface area (TPSA) is 26.3 Å².